The summed E-state index contributed by atoms with van der Waals surface area (Å²) >= 11 is 11.4. The quantitative estimate of drug-likeness (QED) is 0.904. The number of nitrogens with one attached hydrogen (secondary N) is 1. The van der Waals surface area contributed by atoms with Crippen molar-refractivity contribution in [2.75, 3.05) is 5.32 Å². The molecule has 0 saturated carbocycles. The SMILES string of the molecule is N#Cc1ccccc1Nc1nc(Cl)nnc1Cl. The summed E-state index contributed by atoms with van der Waals surface area (Å²) in [5.41, 5.74) is 1.05. The van der Waals surface area contributed by atoms with E-state index in [1.165, 1.54) is 0 Å². The molecule has 5 nitrogen and oxygen atoms in total. The van der Waals surface area contributed by atoms with Gasteiger partial charge in [-0.3, -0.25) is 0 Å². The average Bonchev–Trinajstić information content (AvgIpc) is 2.34. The lowest BCUT2D eigenvalue weighted by molar-refractivity contribution is 0.974. The van der Waals surface area contributed by atoms with Gasteiger partial charge in [-0.15, -0.1) is 10.2 Å². The summed E-state index contributed by atoms with van der Waals surface area (Å²) in [5, 5.41) is 19.0. The van der Waals surface area contributed by atoms with Gasteiger partial charge in [0.1, 0.15) is 6.07 Å². The molecule has 0 amide bonds. The number of nitriles is 1. The lowest BCUT2D eigenvalue weighted by Crippen LogP contribution is -2.00. The van der Waals surface area contributed by atoms with Crippen molar-refractivity contribution >= 4 is 34.7 Å². The largest absolute Gasteiger partial charge is 0.336 e. The van der Waals surface area contributed by atoms with E-state index in [9.17, 15) is 0 Å². The Kier molecular flexibility index (Phi) is 3.38. The van der Waals surface area contributed by atoms with E-state index in [2.05, 4.69) is 20.5 Å². The molecule has 0 atom stereocenters. The summed E-state index contributed by atoms with van der Waals surface area (Å²) in [6.45, 7) is 0. The Hall–Kier alpha value is -1.90. The Bertz CT molecular complexity index is 593. The molecule has 1 aromatic heterocycles. The second-order valence-corrected chi connectivity index (χ2v) is 3.70. The molecule has 0 spiro atoms. The van der Waals surface area contributed by atoms with Gasteiger partial charge in [0.25, 0.3) is 0 Å². The monoisotopic (exact) mass is 265 g/mol. The van der Waals surface area contributed by atoms with Crippen molar-refractivity contribution in [3.8, 4) is 6.07 Å². The molecule has 0 aliphatic rings. The number of para-hydroxylation sites is 1. The van der Waals surface area contributed by atoms with Crippen LogP contribution < -0.4 is 5.32 Å². The summed E-state index contributed by atoms with van der Waals surface area (Å²) in [7, 11) is 0. The number of anilines is 2. The maximum Gasteiger partial charge on any atom is 0.245 e. The van der Waals surface area contributed by atoms with Gasteiger partial charge in [-0.2, -0.15) is 10.2 Å². The number of halogens is 2. The summed E-state index contributed by atoms with van der Waals surface area (Å²) < 4.78 is 0. The Morgan fingerprint density at radius 2 is 1.94 bits per heavy atom. The molecule has 0 aliphatic heterocycles. The third kappa shape index (κ3) is 2.61. The normalized spacial score (nSPS) is 9.71. The fourth-order valence-corrected chi connectivity index (χ4v) is 1.44. The molecule has 0 saturated heterocycles. The Balaban J connectivity index is 2.38. The minimum absolute atomic E-state index is 0.0219. The second kappa shape index (κ2) is 4.95. The highest BCUT2D eigenvalue weighted by atomic mass is 35.5. The smallest absolute Gasteiger partial charge is 0.245 e. The molecule has 1 N–H and O–H groups in total. The lowest BCUT2D eigenvalue weighted by Gasteiger charge is -2.07. The van der Waals surface area contributed by atoms with E-state index >= 15 is 0 Å². The maximum absolute atomic E-state index is 8.92. The number of hydrogen-bond donors (Lipinski definition) is 1. The van der Waals surface area contributed by atoms with Gasteiger partial charge in [-0.1, -0.05) is 23.7 Å². The number of benzene rings is 1. The van der Waals surface area contributed by atoms with Crippen molar-refractivity contribution in [1.82, 2.24) is 15.2 Å². The van der Waals surface area contributed by atoms with Crippen molar-refractivity contribution in [2.45, 2.75) is 0 Å². The van der Waals surface area contributed by atoms with Crippen molar-refractivity contribution in [1.29, 1.82) is 5.26 Å². The fraction of sp³-hybridized carbons (Fsp3) is 0. The zero-order valence-corrected chi connectivity index (χ0v) is 9.87. The maximum atomic E-state index is 8.92. The van der Waals surface area contributed by atoms with E-state index < -0.39 is 0 Å². The molecular weight excluding hydrogens is 261 g/mol. The van der Waals surface area contributed by atoms with Crippen LogP contribution in [0.1, 0.15) is 5.56 Å². The minimum atomic E-state index is -0.0219. The second-order valence-electron chi connectivity index (χ2n) is 3.00. The summed E-state index contributed by atoms with van der Waals surface area (Å²) in [6.07, 6.45) is 0. The van der Waals surface area contributed by atoms with Crippen LogP contribution in [0.15, 0.2) is 24.3 Å². The molecule has 2 rings (SSSR count). The van der Waals surface area contributed by atoms with Crippen LogP contribution in [0, 0.1) is 11.3 Å². The number of hydrogen-bond acceptors (Lipinski definition) is 5. The van der Waals surface area contributed by atoms with Gasteiger partial charge >= 0.3 is 0 Å². The van der Waals surface area contributed by atoms with Gasteiger partial charge in [-0.25, -0.2) is 0 Å². The molecule has 17 heavy (non-hydrogen) atoms. The first-order chi connectivity index (χ1) is 8.20. The van der Waals surface area contributed by atoms with E-state index in [0.29, 0.717) is 11.3 Å². The fourth-order valence-electron chi connectivity index (χ4n) is 1.19. The highest BCUT2D eigenvalue weighted by Gasteiger charge is 2.08. The van der Waals surface area contributed by atoms with Crippen LogP contribution in [0.25, 0.3) is 0 Å². The third-order valence-corrected chi connectivity index (χ3v) is 2.34. The highest BCUT2D eigenvalue weighted by Crippen LogP contribution is 2.23. The first-order valence-electron chi connectivity index (χ1n) is 4.52. The molecule has 0 fully saturated rings. The van der Waals surface area contributed by atoms with Crippen LogP contribution in [0.4, 0.5) is 11.5 Å². The Morgan fingerprint density at radius 3 is 2.71 bits per heavy atom. The first-order valence-corrected chi connectivity index (χ1v) is 5.28. The van der Waals surface area contributed by atoms with Crippen LogP contribution in [0.2, 0.25) is 10.4 Å². The Labute approximate surface area is 107 Å². The van der Waals surface area contributed by atoms with Gasteiger partial charge in [0.15, 0.2) is 11.0 Å². The van der Waals surface area contributed by atoms with E-state index in [4.69, 9.17) is 28.5 Å². The highest BCUT2D eigenvalue weighted by molar-refractivity contribution is 6.32. The molecule has 7 heteroatoms. The van der Waals surface area contributed by atoms with E-state index in [1.54, 1.807) is 24.3 Å². The molecular formula is C10H5Cl2N5. The molecule has 1 heterocycles. The van der Waals surface area contributed by atoms with Crippen molar-refractivity contribution in [3.05, 3.63) is 40.3 Å². The molecule has 0 unspecified atom stereocenters. The van der Waals surface area contributed by atoms with Crippen molar-refractivity contribution in [2.24, 2.45) is 0 Å². The predicted molar refractivity (Wildman–Crippen MR) is 64.3 cm³/mol. The van der Waals surface area contributed by atoms with Gasteiger partial charge < -0.3 is 5.32 Å². The molecule has 84 valence electrons. The average molecular weight is 266 g/mol. The molecule has 0 radical (unpaired) electrons. The predicted octanol–water partition coefficient (Wildman–Crippen LogP) is 2.79. The van der Waals surface area contributed by atoms with Crippen LogP contribution >= 0.6 is 23.2 Å². The molecule has 0 bridgehead atoms. The van der Waals surface area contributed by atoms with Crippen LogP contribution in [-0.2, 0) is 0 Å². The topological polar surface area (TPSA) is 74.5 Å². The molecule has 1 aromatic carbocycles. The van der Waals surface area contributed by atoms with Crippen molar-refractivity contribution in [3.63, 3.8) is 0 Å². The van der Waals surface area contributed by atoms with Crippen LogP contribution in [-0.4, -0.2) is 15.2 Å². The van der Waals surface area contributed by atoms with Crippen LogP contribution in [0.5, 0.6) is 0 Å². The number of rotatable bonds is 2. The zero-order valence-electron chi connectivity index (χ0n) is 8.35. The van der Waals surface area contributed by atoms with Gasteiger partial charge in [-0.05, 0) is 23.7 Å². The summed E-state index contributed by atoms with van der Waals surface area (Å²) in [4.78, 5) is 3.88. The lowest BCUT2D eigenvalue weighted by atomic mass is 10.2. The standard InChI is InChI=1S/C10H5Cl2N5/c11-8-9(15-10(12)17-16-8)14-7-4-2-1-3-6(7)5-13/h1-4H,(H,14,15,17). The number of aromatic nitrogens is 3. The van der Waals surface area contributed by atoms with Crippen molar-refractivity contribution < 1.29 is 0 Å². The molecule has 0 aliphatic carbocycles. The zero-order chi connectivity index (χ0) is 12.3. The van der Waals surface area contributed by atoms with Crippen LogP contribution in [0.3, 0.4) is 0 Å². The summed E-state index contributed by atoms with van der Waals surface area (Å²) in [6, 6.07) is 8.99. The first kappa shape index (κ1) is 11.6. The third-order valence-electron chi connectivity index (χ3n) is 1.92. The van der Waals surface area contributed by atoms with E-state index in [-0.39, 0.29) is 16.3 Å². The Morgan fingerprint density at radius 1 is 1.18 bits per heavy atom. The van der Waals surface area contributed by atoms with Gasteiger partial charge in [0.05, 0.1) is 11.3 Å². The van der Waals surface area contributed by atoms with Gasteiger partial charge in [0.2, 0.25) is 5.28 Å². The van der Waals surface area contributed by atoms with Gasteiger partial charge in [0, 0.05) is 0 Å². The molecule has 2 aromatic rings. The van der Waals surface area contributed by atoms with E-state index in [0.717, 1.165) is 0 Å². The number of nitrogens with zero attached hydrogens (tertiary/aromatic N) is 4. The summed E-state index contributed by atoms with van der Waals surface area (Å²) in [5.74, 6) is 0.259. The minimum Gasteiger partial charge on any atom is -0.336 e. The van der Waals surface area contributed by atoms with E-state index in [1.807, 2.05) is 6.07 Å².